The Bertz CT molecular complexity index is 776. The molecule has 1 spiro atoms. The maximum Gasteiger partial charge on any atom is 0.227 e. The van der Waals surface area contributed by atoms with Gasteiger partial charge in [-0.25, -0.2) is 15.3 Å². The molecule has 3 heterocycles. The number of aliphatic imine (C=N–C) groups is 1. The molecule has 0 radical (unpaired) electrons. The number of hydrogen-bond donors (Lipinski definition) is 1. The van der Waals surface area contributed by atoms with Gasteiger partial charge in [0.15, 0.2) is 11.6 Å². The van der Waals surface area contributed by atoms with Gasteiger partial charge in [-0.05, 0) is 18.4 Å². The number of piperidine rings is 1. The van der Waals surface area contributed by atoms with Crippen molar-refractivity contribution >= 4 is 23.1 Å². The van der Waals surface area contributed by atoms with Crippen molar-refractivity contribution in [2.24, 2.45) is 4.99 Å². The minimum Gasteiger partial charge on any atom is -0.342 e. The third-order valence-corrected chi connectivity index (χ3v) is 5.66. The van der Waals surface area contributed by atoms with E-state index < -0.39 is 5.72 Å². The van der Waals surface area contributed by atoms with E-state index in [0.29, 0.717) is 32.4 Å². The van der Waals surface area contributed by atoms with Gasteiger partial charge in [-0.2, -0.15) is 0 Å². The highest BCUT2D eigenvalue weighted by atomic mass is 32.1. The number of amidine groups is 1. The van der Waals surface area contributed by atoms with Crippen LogP contribution < -0.4 is 5.48 Å². The van der Waals surface area contributed by atoms with Gasteiger partial charge in [-0.15, -0.1) is 11.3 Å². The number of hydrogen-bond acceptors (Lipinski definition) is 5. The number of nitrogens with zero attached hydrogens (tertiary/aromatic N) is 2. The number of rotatable bonds is 3. The van der Waals surface area contributed by atoms with Crippen molar-refractivity contribution in [1.29, 1.82) is 0 Å². The number of nitrogens with one attached hydrogen (secondary N) is 1. The Kier molecular flexibility index (Phi) is 4.31. The van der Waals surface area contributed by atoms with E-state index in [2.05, 4.69) is 24.5 Å². The van der Waals surface area contributed by atoms with Crippen LogP contribution in [0.4, 0.5) is 0 Å². The number of thiophene rings is 1. The number of benzene rings is 1. The van der Waals surface area contributed by atoms with Gasteiger partial charge in [0, 0.05) is 36.4 Å². The first-order valence-corrected chi connectivity index (χ1v) is 9.43. The van der Waals surface area contributed by atoms with Gasteiger partial charge in [0.1, 0.15) is 0 Å². The van der Waals surface area contributed by atoms with Crippen molar-refractivity contribution in [3.05, 3.63) is 57.8 Å². The molecule has 0 bridgehead atoms. The Balaban J connectivity index is 1.39. The summed E-state index contributed by atoms with van der Waals surface area (Å²) < 4.78 is 0. The van der Waals surface area contributed by atoms with Gasteiger partial charge in [0.25, 0.3) is 0 Å². The summed E-state index contributed by atoms with van der Waals surface area (Å²) in [5.74, 6) is 0.962. The Morgan fingerprint density at radius 1 is 1.28 bits per heavy atom. The highest BCUT2D eigenvalue weighted by Gasteiger charge is 2.41. The molecule has 6 heteroatoms. The topological polar surface area (TPSA) is 53.9 Å². The molecule has 2 aliphatic heterocycles. The Hall–Kier alpha value is -2.18. The van der Waals surface area contributed by atoms with E-state index in [-0.39, 0.29) is 5.91 Å². The summed E-state index contributed by atoms with van der Waals surface area (Å²) >= 11 is 1.63. The van der Waals surface area contributed by atoms with Crippen molar-refractivity contribution in [3.63, 3.8) is 0 Å². The monoisotopic (exact) mass is 355 g/mol. The SMILES string of the molecule is Cc1ccc(C2=NC3(CCN(C(=O)Cc4cccs4)CC3)ON2)cc1. The lowest BCUT2D eigenvalue weighted by molar-refractivity contribution is -0.138. The fourth-order valence-electron chi connectivity index (χ4n) is 3.22. The zero-order chi connectivity index (χ0) is 17.3. The van der Waals surface area contributed by atoms with Crippen LogP contribution in [0.25, 0.3) is 0 Å². The molecule has 1 aromatic heterocycles. The van der Waals surface area contributed by atoms with Crippen molar-refractivity contribution < 1.29 is 9.63 Å². The molecule has 0 atom stereocenters. The fraction of sp³-hybridized carbons (Fsp3) is 0.368. The molecule has 4 rings (SSSR count). The fourth-order valence-corrected chi connectivity index (χ4v) is 3.92. The van der Waals surface area contributed by atoms with Crippen LogP contribution in [0.3, 0.4) is 0 Å². The average Bonchev–Trinajstić information content (AvgIpc) is 3.27. The number of amides is 1. The summed E-state index contributed by atoms with van der Waals surface area (Å²) in [6, 6.07) is 12.2. The average molecular weight is 355 g/mol. The summed E-state index contributed by atoms with van der Waals surface area (Å²) in [6.07, 6.45) is 1.92. The number of hydroxylamine groups is 1. The molecular weight excluding hydrogens is 334 g/mol. The van der Waals surface area contributed by atoms with E-state index in [1.807, 2.05) is 34.5 Å². The largest absolute Gasteiger partial charge is 0.342 e. The smallest absolute Gasteiger partial charge is 0.227 e. The minimum atomic E-state index is -0.542. The number of likely N-dealkylation sites (tertiary alicyclic amines) is 1. The predicted octanol–water partition coefficient (Wildman–Crippen LogP) is 2.90. The van der Waals surface area contributed by atoms with E-state index in [4.69, 9.17) is 9.83 Å². The third-order valence-electron chi connectivity index (χ3n) is 4.78. The molecule has 1 amide bonds. The molecule has 0 aliphatic carbocycles. The summed E-state index contributed by atoms with van der Waals surface area (Å²) in [5.41, 5.74) is 4.68. The highest BCUT2D eigenvalue weighted by molar-refractivity contribution is 7.10. The molecule has 2 aromatic rings. The predicted molar refractivity (Wildman–Crippen MR) is 98.5 cm³/mol. The quantitative estimate of drug-likeness (QED) is 0.921. The van der Waals surface area contributed by atoms with E-state index in [1.165, 1.54) is 5.56 Å². The van der Waals surface area contributed by atoms with Gasteiger partial charge >= 0.3 is 0 Å². The van der Waals surface area contributed by atoms with Crippen molar-refractivity contribution in [2.75, 3.05) is 13.1 Å². The molecule has 2 aliphatic rings. The molecule has 0 saturated carbocycles. The van der Waals surface area contributed by atoms with Gasteiger partial charge in [0.05, 0.1) is 6.42 Å². The van der Waals surface area contributed by atoms with Crippen LogP contribution in [0.1, 0.15) is 28.8 Å². The lowest BCUT2D eigenvalue weighted by Crippen LogP contribution is -2.47. The second-order valence-corrected chi connectivity index (χ2v) is 7.65. The van der Waals surface area contributed by atoms with E-state index in [1.54, 1.807) is 11.3 Å². The Morgan fingerprint density at radius 2 is 2.04 bits per heavy atom. The number of carbonyl (C=O) groups is 1. The molecule has 1 aromatic carbocycles. The maximum absolute atomic E-state index is 12.4. The first kappa shape index (κ1) is 16.3. The van der Waals surface area contributed by atoms with Crippen LogP contribution in [0.2, 0.25) is 0 Å². The van der Waals surface area contributed by atoms with Crippen LogP contribution >= 0.6 is 11.3 Å². The summed E-state index contributed by atoms with van der Waals surface area (Å²) in [7, 11) is 0. The summed E-state index contributed by atoms with van der Waals surface area (Å²) in [5, 5.41) is 2.01. The van der Waals surface area contributed by atoms with E-state index in [9.17, 15) is 4.79 Å². The number of carbonyl (C=O) groups excluding carboxylic acids is 1. The standard InChI is InChI=1S/C19H21N3O2S/c1-14-4-6-15(7-5-14)18-20-19(24-21-18)8-10-22(11-9-19)17(23)13-16-3-2-12-25-16/h2-7,12H,8-11,13H2,1H3,(H,20,21). The van der Waals surface area contributed by atoms with E-state index in [0.717, 1.165) is 16.3 Å². The number of aryl methyl sites for hydroxylation is 1. The first-order valence-electron chi connectivity index (χ1n) is 8.55. The third kappa shape index (κ3) is 3.45. The minimum absolute atomic E-state index is 0.186. The second kappa shape index (κ2) is 6.61. The normalized spacial score (nSPS) is 18.9. The molecule has 5 nitrogen and oxygen atoms in total. The van der Waals surface area contributed by atoms with Crippen LogP contribution in [-0.4, -0.2) is 35.5 Å². The second-order valence-electron chi connectivity index (χ2n) is 6.61. The molecule has 130 valence electrons. The van der Waals surface area contributed by atoms with Crippen LogP contribution in [0, 0.1) is 6.92 Å². The molecule has 1 fully saturated rings. The van der Waals surface area contributed by atoms with Gasteiger partial charge in [-0.1, -0.05) is 35.9 Å². The van der Waals surface area contributed by atoms with Crippen molar-refractivity contribution in [2.45, 2.75) is 31.9 Å². The van der Waals surface area contributed by atoms with Gasteiger partial charge in [-0.3, -0.25) is 4.79 Å². The zero-order valence-electron chi connectivity index (χ0n) is 14.2. The Morgan fingerprint density at radius 3 is 2.72 bits per heavy atom. The molecule has 1 saturated heterocycles. The molecular formula is C19H21N3O2S. The zero-order valence-corrected chi connectivity index (χ0v) is 15.0. The van der Waals surface area contributed by atoms with E-state index >= 15 is 0 Å². The first-order chi connectivity index (χ1) is 12.1. The van der Waals surface area contributed by atoms with Crippen molar-refractivity contribution in [3.8, 4) is 0 Å². The van der Waals surface area contributed by atoms with Gasteiger partial charge < -0.3 is 4.90 Å². The summed E-state index contributed by atoms with van der Waals surface area (Å²) in [6.45, 7) is 3.42. The molecule has 25 heavy (non-hydrogen) atoms. The lowest BCUT2D eigenvalue weighted by Gasteiger charge is -2.35. The Labute approximate surface area is 151 Å². The van der Waals surface area contributed by atoms with Gasteiger partial charge in [0.2, 0.25) is 5.91 Å². The highest BCUT2D eigenvalue weighted by Crippen LogP contribution is 2.31. The van der Waals surface area contributed by atoms with Crippen LogP contribution in [0.15, 0.2) is 46.8 Å². The van der Waals surface area contributed by atoms with Crippen LogP contribution in [0.5, 0.6) is 0 Å². The summed E-state index contributed by atoms with van der Waals surface area (Å²) in [4.78, 5) is 26.1. The molecule has 1 N–H and O–H groups in total. The molecule has 0 unspecified atom stereocenters. The lowest BCUT2D eigenvalue weighted by atomic mass is 10.0. The van der Waals surface area contributed by atoms with Crippen LogP contribution in [-0.2, 0) is 16.1 Å². The maximum atomic E-state index is 12.4. The van der Waals surface area contributed by atoms with Crippen molar-refractivity contribution in [1.82, 2.24) is 10.4 Å².